The van der Waals surface area contributed by atoms with Gasteiger partial charge in [0, 0.05) is 18.8 Å². The van der Waals surface area contributed by atoms with Crippen LogP contribution in [0.3, 0.4) is 0 Å². The summed E-state index contributed by atoms with van der Waals surface area (Å²) in [6, 6.07) is 7.56. The molecule has 1 saturated heterocycles. The Hall–Kier alpha value is -3.80. The van der Waals surface area contributed by atoms with E-state index >= 15 is 0 Å². The van der Waals surface area contributed by atoms with E-state index in [0.717, 1.165) is 5.56 Å². The van der Waals surface area contributed by atoms with Gasteiger partial charge in [-0.3, -0.25) is 29.1 Å². The molecule has 0 bridgehead atoms. The van der Waals surface area contributed by atoms with Crippen molar-refractivity contribution < 1.29 is 28.5 Å². The molecular formula is C25H32BN5O6. The second-order valence-corrected chi connectivity index (χ2v) is 9.44. The molecule has 2 amide bonds. The van der Waals surface area contributed by atoms with Crippen LogP contribution in [0.25, 0.3) is 0 Å². The van der Waals surface area contributed by atoms with Gasteiger partial charge < -0.3 is 19.9 Å². The molecule has 1 aliphatic heterocycles. The number of likely N-dealkylation sites (N-methyl/N-ethyl adjacent to an activating group) is 1. The Balaban J connectivity index is 1.83. The Kier molecular flexibility index (Phi) is 9.73. The zero-order valence-corrected chi connectivity index (χ0v) is 21.4. The molecule has 2 aromatic rings. The van der Waals surface area contributed by atoms with E-state index in [2.05, 4.69) is 20.6 Å². The third kappa shape index (κ3) is 8.11. The van der Waals surface area contributed by atoms with E-state index in [1.165, 1.54) is 23.5 Å². The Morgan fingerprint density at radius 1 is 1.14 bits per heavy atom. The van der Waals surface area contributed by atoms with Crippen molar-refractivity contribution in [3.05, 3.63) is 60.2 Å². The molecule has 2 heterocycles. The highest BCUT2D eigenvalue weighted by Crippen LogP contribution is 2.15. The number of hydrogen-bond acceptors (Lipinski definition) is 9. The fraction of sp³-hybridized carbons (Fsp3) is 0.440. The molecule has 11 nitrogen and oxygen atoms in total. The molecule has 0 radical (unpaired) electrons. The van der Waals surface area contributed by atoms with Crippen LogP contribution in [0.1, 0.15) is 43.2 Å². The molecule has 3 rings (SSSR count). The molecule has 1 aromatic carbocycles. The molecule has 0 spiro atoms. The van der Waals surface area contributed by atoms with E-state index in [9.17, 15) is 19.2 Å². The lowest BCUT2D eigenvalue weighted by Crippen LogP contribution is -2.59. The average Bonchev–Trinajstić information content (AvgIpc) is 2.87. The highest BCUT2D eigenvalue weighted by atomic mass is 16.6. The van der Waals surface area contributed by atoms with Crippen LogP contribution >= 0.6 is 0 Å². The maximum absolute atomic E-state index is 13.5. The van der Waals surface area contributed by atoms with Gasteiger partial charge in [-0.15, -0.1) is 0 Å². The summed E-state index contributed by atoms with van der Waals surface area (Å²) in [6.45, 7) is 5.39. The van der Waals surface area contributed by atoms with Crippen molar-refractivity contribution in [2.45, 2.75) is 51.6 Å². The minimum absolute atomic E-state index is 0.0630. The third-order valence-corrected chi connectivity index (χ3v) is 5.94. The van der Waals surface area contributed by atoms with Gasteiger partial charge in [-0.1, -0.05) is 44.2 Å². The number of carbonyl (C=O) groups is 4. The van der Waals surface area contributed by atoms with Crippen LogP contribution < -0.4 is 10.6 Å². The van der Waals surface area contributed by atoms with Gasteiger partial charge >= 0.3 is 19.1 Å². The number of nitrogens with one attached hydrogen (secondary N) is 2. The lowest BCUT2D eigenvalue weighted by molar-refractivity contribution is -0.150. The first kappa shape index (κ1) is 27.8. The Morgan fingerprint density at radius 2 is 1.86 bits per heavy atom. The van der Waals surface area contributed by atoms with Crippen LogP contribution in [0.15, 0.2) is 48.9 Å². The molecule has 37 heavy (non-hydrogen) atoms. The van der Waals surface area contributed by atoms with E-state index in [0.29, 0.717) is 6.42 Å². The number of carbonyl (C=O) groups excluding carboxylic acids is 4. The van der Waals surface area contributed by atoms with Crippen LogP contribution in [-0.4, -0.2) is 77.4 Å². The summed E-state index contributed by atoms with van der Waals surface area (Å²) in [5.74, 6) is -3.00. The largest absolute Gasteiger partial charge is 0.622 e. The van der Waals surface area contributed by atoms with Crippen LogP contribution in [0.5, 0.6) is 0 Å². The minimum Gasteiger partial charge on any atom is -0.497 e. The van der Waals surface area contributed by atoms with Gasteiger partial charge in [0.15, 0.2) is 0 Å². The van der Waals surface area contributed by atoms with E-state index in [1.807, 2.05) is 44.2 Å². The lowest BCUT2D eigenvalue weighted by atomic mass is 9.73. The zero-order valence-electron chi connectivity index (χ0n) is 21.4. The predicted octanol–water partition coefficient (Wildman–Crippen LogP) is 0.796. The molecule has 1 fully saturated rings. The first-order valence-electron chi connectivity index (χ1n) is 12.2. The number of hydrogen-bond donors (Lipinski definition) is 2. The van der Waals surface area contributed by atoms with E-state index in [4.69, 9.17) is 9.31 Å². The summed E-state index contributed by atoms with van der Waals surface area (Å²) in [5.41, 5.74) is 0.885. The number of aromatic nitrogens is 2. The summed E-state index contributed by atoms with van der Waals surface area (Å²) in [4.78, 5) is 60.8. The first-order chi connectivity index (χ1) is 17.6. The minimum atomic E-state index is -1.31. The van der Waals surface area contributed by atoms with Gasteiger partial charge in [0.05, 0.1) is 18.7 Å². The van der Waals surface area contributed by atoms with Gasteiger partial charge in [0.25, 0.3) is 5.91 Å². The Morgan fingerprint density at radius 3 is 2.51 bits per heavy atom. The summed E-state index contributed by atoms with van der Waals surface area (Å²) in [7, 11) is 0.310. The van der Waals surface area contributed by atoms with Crippen molar-refractivity contribution >= 4 is 30.9 Å². The van der Waals surface area contributed by atoms with Crippen LogP contribution in [0.4, 0.5) is 0 Å². The van der Waals surface area contributed by atoms with E-state index in [-0.39, 0.29) is 24.6 Å². The summed E-state index contributed by atoms with van der Waals surface area (Å²) in [6.07, 6.45) is 4.68. The average molecular weight is 509 g/mol. The number of benzene rings is 1. The van der Waals surface area contributed by atoms with Gasteiger partial charge in [0.1, 0.15) is 17.8 Å². The fourth-order valence-electron chi connectivity index (χ4n) is 3.83. The first-order valence-corrected chi connectivity index (χ1v) is 12.2. The second kappa shape index (κ2) is 13.0. The second-order valence-electron chi connectivity index (χ2n) is 9.44. The SMILES string of the molecule is CC(C)C[C@H](NC(=O)[C@H](Cc1ccccc1)NC(=O)c1cnccn1)B1OC(=O)CN(C)[C@H](C)C(=O)O1. The van der Waals surface area contributed by atoms with Crippen LogP contribution in [-0.2, 0) is 30.1 Å². The van der Waals surface area contributed by atoms with Gasteiger partial charge in [-0.2, -0.15) is 0 Å². The van der Waals surface area contributed by atoms with Crippen molar-refractivity contribution in [3.8, 4) is 0 Å². The quantitative estimate of drug-likeness (QED) is 0.470. The zero-order chi connectivity index (χ0) is 26.9. The number of rotatable bonds is 9. The van der Waals surface area contributed by atoms with Gasteiger partial charge in [-0.05, 0) is 31.9 Å². The highest BCUT2D eigenvalue weighted by molar-refractivity contribution is 6.51. The van der Waals surface area contributed by atoms with Crippen molar-refractivity contribution in [2.24, 2.45) is 5.92 Å². The standard InChI is InChI=1S/C25H32BN5O6/c1-16(2)12-21(26-36-22(32)15-31(4)17(3)25(35)37-26)30-23(33)19(13-18-8-6-5-7-9-18)29-24(34)20-14-27-10-11-28-20/h5-11,14,16-17,19,21H,12-13,15H2,1-4H3,(H,29,34)(H,30,33)/t17-,19+,21+/m1/s1. The van der Waals surface area contributed by atoms with Gasteiger partial charge in [-0.25, -0.2) is 4.98 Å². The Labute approximate surface area is 216 Å². The van der Waals surface area contributed by atoms with Crippen molar-refractivity contribution in [1.82, 2.24) is 25.5 Å². The molecule has 0 unspecified atom stereocenters. The molecule has 1 aromatic heterocycles. The van der Waals surface area contributed by atoms with Gasteiger partial charge in [0.2, 0.25) is 5.91 Å². The van der Waals surface area contributed by atoms with Crippen LogP contribution in [0, 0.1) is 5.92 Å². The normalized spacial score (nSPS) is 18.2. The third-order valence-electron chi connectivity index (χ3n) is 5.94. The maximum atomic E-state index is 13.5. The Bertz CT molecular complexity index is 1090. The number of amides is 2. The van der Waals surface area contributed by atoms with Crippen LogP contribution in [0.2, 0.25) is 0 Å². The lowest BCUT2D eigenvalue weighted by Gasteiger charge is -2.31. The molecule has 12 heteroatoms. The molecule has 0 aliphatic carbocycles. The summed E-state index contributed by atoms with van der Waals surface area (Å²) >= 11 is 0. The maximum Gasteiger partial charge on any atom is 0.622 e. The topological polar surface area (TPSA) is 140 Å². The smallest absolute Gasteiger partial charge is 0.497 e. The predicted molar refractivity (Wildman–Crippen MR) is 135 cm³/mol. The molecule has 2 N–H and O–H groups in total. The molecule has 1 aliphatic rings. The monoisotopic (exact) mass is 509 g/mol. The fourth-order valence-corrected chi connectivity index (χ4v) is 3.83. The summed E-state index contributed by atoms with van der Waals surface area (Å²) in [5, 5.41) is 5.57. The molecular weight excluding hydrogens is 477 g/mol. The highest BCUT2D eigenvalue weighted by Gasteiger charge is 2.43. The molecule has 0 saturated carbocycles. The molecule has 196 valence electrons. The van der Waals surface area contributed by atoms with Crippen molar-refractivity contribution in [2.75, 3.05) is 13.6 Å². The number of nitrogens with zero attached hydrogens (tertiary/aromatic N) is 3. The molecule has 3 atom stereocenters. The van der Waals surface area contributed by atoms with E-state index in [1.54, 1.807) is 14.0 Å². The summed E-state index contributed by atoms with van der Waals surface area (Å²) < 4.78 is 11.0. The van der Waals surface area contributed by atoms with Crippen molar-refractivity contribution in [3.63, 3.8) is 0 Å². The van der Waals surface area contributed by atoms with Crippen molar-refractivity contribution in [1.29, 1.82) is 0 Å². The van der Waals surface area contributed by atoms with E-state index < -0.39 is 48.9 Å².